The molecule has 1 aliphatic carbocycles. The molecule has 4 rings (SSSR count). The molecule has 1 saturated carbocycles. The van der Waals surface area contributed by atoms with Crippen molar-refractivity contribution in [1.29, 1.82) is 0 Å². The van der Waals surface area contributed by atoms with E-state index < -0.39 is 27.5 Å². The van der Waals surface area contributed by atoms with Gasteiger partial charge in [-0.1, -0.05) is 13.0 Å². The van der Waals surface area contributed by atoms with Crippen LogP contribution >= 0.6 is 0 Å². The molecule has 0 saturated heterocycles. The van der Waals surface area contributed by atoms with Crippen LogP contribution in [-0.4, -0.2) is 42.9 Å². The van der Waals surface area contributed by atoms with Gasteiger partial charge in [-0.05, 0) is 48.8 Å². The van der Waals surface area contributed by atoms with Gasteiger partial charge in [0, 0.05) is 18.9 Å². The SMILES string of the molecule is C[C@@H](CS(=O)(=O)CCCn1cc2c(c1)C(=O)NC2=O)c1ccc(F)c(OCC2CC2)c1. The number of nitrogens with one attached hydrogen (secondary N) is 1. The molecule has 0 radical (unpaired) electrons. The summed E-state index contributed by atoms with van der Waals surface area (Å²) in [4.78, 5) is 23.3. The molecule has 2 aromatic rings. The number of hydrogen-bond donors (Lipinski definition) is 1. The Morgan fingerprint density at radius 3 is 2.52 bits per heavy atom. The van der Waals surface area contributed by atoms with Gasteiger partial charge in [-0.3, -0.25) is 14.9 Å². The van der Waals surface area contributed by atoms with Crippen molar-refractivity contribution in [3.05, 3.63) is 53.1 Å². The zero-order chi connectivity index (χ0) is 22.2. The van der Waals surface area contributed by atoms with E-state index in [0.29, 0.717) is 36.6 Å². The van der Waals surface area contributed by atoms with E-state index in [-0.39, 0.29) is 23.2 Å². The van der Waals surface area contributed by atoms with E-state index in [1.54, 1.807) is 36.0 Å². The number of aryl methyl sites for hydroxylation is 1. The first-order valence-electron chi connectivity index (χ1n) is 10.4. The Hall–Kier alpha value is -2.68. The fraction of sp³-hybridized carbons (Fsp3) is 0.455. The summed E-state index contributed by atoms with van der Waals surface area (Å²) < 4.78 is 46.4. The summed E-state index contributed by atoms with van der Waals surface area (Å²) >= 11 is 0. The van der Waals surface area contributed by atoms with Gasteiger partial charge in [-0.15, -0.1) is 0 Å². The van der Waals surface area contributed by atoms with Gasteiger partial charge >= 0.3 is 0 Å². The molecule has 1 aromatic carbocycles. The number of carbonyl (C=O) groups is 2. The number of hydrogen-bond acceptors (Lipinski definition) is 5. The van der Waals surface area contributed by atoms with Crippen LogP contribution in [0.4, 0.5) is 4.39 Å². The Morgan fingerprint density at radius 2 is 1.87 bits per heavy atom. The van der Waals surface area contributed by atoms with E-state index in [9.17, 15) is 22.4 Å². The van der Waals surface area contributed by atoms with Gasteiger partial charge in [0.2, 0.25) is 0 Å². The highest BCUT2D eigenvalue weighted by Gasteiger charge is 2.28. The Morgan fingerprint density at radius 1 is 1.19 bits per heavy atom. The first-order chi connectivity index (χ1) is 14.7. The molecule has 1 aromatic heterocycles. The molecule has 1 atom stereocenters. The van der Waals surface area contributed by atoms with Crippen molar-refractivity contribution in [1.82, 2.24) is 9.88 Å². The Labute approximate surface area is 180 Å². The molecule has 9 heteroatoms. The van der Waals surface area contributed by atoms with Crippen LogP contribution in [0.1, 0.15) is 58.4 Å². The van der Waals surface area contributed by atoms with Crippen molar-refractivity contribution in [3.63, 3.8) is 0 Å². The smallest absolute Gasteiger partial charge is 0.260 e. The zero-order valence-electron chi connectivity index (χ0n) is 17.3. The highest BCUT2D eigenvalue weighted by atomic mass is 32.2. The van der Waals surface area contributed by atoms with Crippen LogP contribution < -0.4 is 10.1 Å². The molecule has 166 valence electrons. The average molecular weight is 449 g/mol. The van der Waals surface area contributed by atoms with Crippen LogP contribution in [0.2, 0.25) is 0 Å². The number of fused-ring (bicyclic) bond motifs is 1. The predicted octanol–water partition coefficient (Wildman–Crippen LogP) is 2.91. The zero-order valence-corrected chi connectivity index (χ0v) is 18.1. The Bertz CT molecular complexity index is 1090. The highest BCUT2D eigenvalue weighted by molar-refractivity contribution is 7.91. The van der Waals surface area contributed by atoms with Crippen LogP contribution in [0.3, 0.4) is 0 Å². The maximum atomic E-state index is 14.0. The number of carbonyl (C=O) groups excluding carboxylic acids is 2. The lowest BCUT2D eigenvalue weighted by Crippen LogP contribution is -2.21. The summed E-state index contributed by atoms with van der Waals surface area (Å²) in [5.41, 5.74) is 1.36. The van der Waals surface area contributed by atoms with Crippen LogP contribution in [0, 0.1) is 11.7 Å². The predicted molar refractivity (Wildman–Crippen MR) is 113 cm³/mol. The van der Waals surface area contributed by atoms with E-state index >= 15 is 0 Å². The van der Waals surface area contributed by atoms with E-state index in [4.69, 9.17) is 4.74 Å². The van der Waals surface area contributed by atoms with Gasteiger partial charge in [0.15, 0.2) is 21.4 Å². The topological polar surface area (TPSA) is 94.5 Å². The molecule has 1 N–H and O–H groups in total. The lowest BCUT2D eigenvalue weighted by atomic mass is 10.0. The van der Waals surface area contributed by atoms with Crippen LogP contribution in [-0.2, 0) is 16.4 Å². The molecule has 7 nitrogen and oxygen atoms in total. The molecule has 2 aliphatic rings. The number of nitrogens with zero attached hydrogens (tertiary/aromatic N) is 1. The fourth-order valence-electron chi connectivity index (χ4n) is 3.69. The third-order valence-corrected chi connectivity index (χ3v) is 7.59. The number of ether oxygens (including phenoxy) is 1. The highest BCUT2D eigenvalue weighted by Crippen LogP contribution is 2.31. The van der Waals surface area contributed by atoms with Gasteiger partial charge in [-0.25, -0.2) is 12.8 Å². The second-order valence-electron chi connectivity index (χ2n) is 8.42. The minimum absolute atomic E-state index is 0.0213. The third-order valence-electron chi connectivity index (χ3n) is 5.67. The van der Waals surface area contributed by atoms with Gasteiger partial charge in [-0.2, -0.15) is 0 Å². The van der Waals surface area contributed by atoms with Crippen LogP contribution in [0.25, 0.3) is 0 Å². The monoisotopic (exact) mass is 448 g/mol. The molecule has 31 heavy (non-hydrogen) atoms. The Kier molecular flexibility index (Phi) is 5.88. The number of amides is 2. The summed E-state index contributed by atoms with van der Waals surface area (Å²) in [5.74, 6) is -1.01. The molecular formula is C22H25FN2O5S. The summed E-state index contributed by atoms with van der Waals surface area (Å²) in [6, 6.07) is 4.52. The molecule has 0 bridgehead atoms. The number of aromatic nitrogens is 1. The first kappa shape index (κ1) is 21.5. The van der Waals surface area contributed by atoms with Gasteiger partial charge in [0.1, 0.15) is 0 Å². The maximum absolute atomic E-state index is 14.0. The van der Waals surface area contributed by atoms with Crippen molar-refractivity contribution in [2.75, 3.05) is 18.1 Å². The lowest BCUT2D eigenvalue weighted by Gasteiger charge is -2.15. The number of halogens is 1. The Balaban J connectivity index is 1.31. The molecule has 0 unspecified atom stereocenters. The lowest BCUT2D eigenvalue weighted by molar-refractivity contribution is 0.0878. The van der Waals surface area contributed by atoms with Crippen molar-refractivity contribution < 1.29 is 27.1 Å². The summed E-state index contributed by atoms with van der Waals surface area (Å²) in [7, 11) is -3.35. The molecule has 2 amide bonds. The van der Waals surface area contributed by atoms with Crippen molar-refractivity contribution in [3.8, 4) is 5.75 Å². The number of sulfone groups is 1. The van der Waals surface area contributed by atoms with Crippen molar-refractivity contribution in [2.24, 2.45) is 5.92 Å². The normalized spacial score (nSPS) is 16.8. The first-order valence-corrected chi connectivity index (χ1v) is 12.2. The summed E-state index contributed by atoms with van der Waals surface area (Å²) in [6.07, 6.45) is 5.69. The van der Waals surface area contributed by atoms with Gasteiger partial charge in [0.25, 0.3) is 11.8 Å². The molecule has 1 aliphatic heterocycles. The van der Waals surface area contributed by atoms with E-state index in [2.05, 4.69) is 5.32 Å². The largest absolute Gasteiger partial charge is 0.490 e. The summed E-state index contributed by atoms with van der Waals surface area (Å²) in [5, 5.41) is 2.21. The summed E-state index contributed by atoms with van der Waals surface area (Å²) in [6.45, 7) is 2.68. The average Bonchev–Trinajstić information content (AvgIpc) is 3.37. The fourth-order valence-corrected chi connectivity index (χ4v) is 5.38. The van der Waals surface area contributed by atoms with Crippen molar-refractivity contribution >= 4 is 21.7 Å². The second kappa shape index (κ2) is 8.45. The maximum Gasteiger partial charge on any atom is 0.260 e. The second-order valence-corrected chi connectivity index (χ2v) is 10.6. The van der Waals surface area contributed by atoms with Crippen LogP contribution in [0.5, 0.6) is 5.75 Å². The van der Waals surface area contributed by atoms with Crippen LogP contribution in [0.15, 0.2) is 30.6 Å². The quantitative estimate of drug-likeness (QED) is 0.564. The van der Waals surface area contributed by atoms with E-state index in [1.807, 2.05) is 0 Å². The van der Waals surface area contributed by atoms with Gasteiger partial charge < -0.3 is 9.30 Å². The number of benzene rings is 1. The molecule has 0 spiro atoms. The minimum Gasteiger partial charge on any atom is -0.490 e. The standard InChI is InChI=1S/C22H25FN2O5S/c1-14(16-5-6-19(23)20(9-16)30-12-15-3-4-15)13-31(28,29)8-2-7-25-10-17-18(11-25)22(27)24-21(17)26/h5-6,9-11,14-15H,2-4,7-8,12-13H2,1H3,(H,24,26,27)/t14-/m0/s1. The van der Waals surface area contributed by atoms with Gasteiger partial charge in [0.05, 0.1) is 29.2 Å². The molecule has 1 fully saturated rings. The van der Waals surface area contributed by atoms with E-state index in [1.165, 1.54) is 6.07 Å². The number of rotatable bonds is 10. The van der Waals surface area contributed by atoms with E-state index in [0.717, 1.165) is 18.4 Å². The molecular weight excluding hydrogens is 423 g/mol. The van der Waals surface area contributed by atoms with Crippen molar-refractivity contribution in [2.45, 2.75) is 38.6 Å². The third kappa shape index (κ3) is 5.15. The minimum atomic E-state index is -3.35. The molecule has 2 heterocycles. The number of imide groups is 1.